The van der Waals surface area contributed by atoms with E-state index in [1.54, 1.807) is 22.7 Å². The molecule has 0 saturated heterocycles. The predicted octanol–water partition coefficient (Wildman–Crippen LogP) is 3.87. The van der Waals surface area contributed by atoms with Crippen LogP contribution in [0.5, 0.6) is 0 Å². The molecule has 1 unspecified atom stereocenters. The third-order valence-electron chi connectivity index (χ3n) is 1.87. The number of hydrogen-bond donors (Lipinski definition) is 0. The highest BCUT2D eigenvalue weighted by Gasteiger charge is 2.12. The Morgan fingerprint density at radius 1 is 1.36 bits per heavy atom. The minimum Gasteiger partial charge on any atom is -0.151 e. The minimum atomic E-state index is -0.0554. The summed E-state index contributed by atoms with van der Waals surface area (Å²) in [7, 11) is 0. The van der Waals surface area contributed by atoms with Crippen molar-refractivity contribution in [2.75, 3.05) is 0 Å². The molecule has 2 heterocycles. The number of alkyl halides is 1. The number of aromatic nitrogens is 2. The van der Waals surface area contributed by atoms with Gasteiger partial charge in [-0.3, -0.25) is 0 Å². The zero-order valence-corrected chi connectivity index (χ0v) is 10.2. The van der Waals surface area contributed by atoms with Crippen LogP contribution in [0.1, 0.15) is 22.9 Å². The molecule has 2 nitrogen and oxygen atoms in total. The van der Waals surface area contributed by atoms with Crippen LogP contribution in [0, 0.1) is 6.92 Å². The molecule has 2 rings (SSSR count). The third-order valence-corrected chi connectivity index (χ3v) is 4.20. The van der Waals surface area contributed by atoms with Crippen LogP contribution in [0.2, 0.25) is 0 Å². The fourth-order valence-electron chi connectivity index (χ4n) is 1.08. The minimum absolute atomic E-state index is 0.0554. The maximum atomic E-state index is 5.93. The number of hydrogen-bond acceptors (Lipinski definition) is 4. The van der Waals surface area contributed by atoms with Gasteiger partial charge in [0.1, 0.15) is 10.0 Å². The monoisotopic (exact) mass is 244 g/mol. The van der Waals surface area contributed by atoms with Crippen LogP contribution in [0.25, 0.3) is 10.6 Å². The van der Waals surface area contributed by atoms with Crippen LogP contribution in [0.15, 0.2) is 10.8 Å². The summed E-state index contributed by atoms with van der Waals surface area (Å²) >= 11 is 9.18. The Bertz CT molecular complexity index is 433. The Hall–Kier alpha value is -0.450. The molecule has 0 saturated carbocycles. The van der Waals surface area contributed by atoms with Crippen LogP contribution in [0.4, 0.5) is 0 Å². The lowest BCUT2D eigenvalue weighted by Gasteiger charge is -1.92. The van der Waals surface area contributed by atoms with Crippen LogP contribution in [0.3, 0.4) is 0 Å². The Morgan fingerprint density at radius 2 is 2.14 bits per heavy atom. The van der Waals surface area contributed by atoms with Crippen LogP contribution in [-0.4, -0.2) is 10.2 Å². The van der Waals surface area contributed by atoms with E-state index in [0.29, 0.717) is 0 Å². The molecule has 0 aliphatic carbocycles. The molecule has 0 spiro atoms. The average molecular weight is 245 g/mol. The molecule has 2 aromatic heterocycles. The van der Waals surface area contributed by atoms with Gasteiger partial charge in [0.05, 0.1) is 5.38 Å². The van der Waals surface area contributed by atoms with Crippen molar-refractivity contribution in [3.05, 3.63) is 21.3 Å². The van der Waals surface area contributed by atoms with Crippen molar-refractivity contribution in [3.8, 4) is 10.6 Å². The normalized spacial score (nSPS) is 13.1. The van der Waals surface area contributed by atoms with Gasteiger partial charge in [-0.2, -0.15) is 11.3 Å². The molecule has 0 fully saturated rings. The maximum absolute atomic E-state index is 5.93. The average Bonchev–Trinajstić information content (AvgIpc) is 2.71. The van der Waals surface area contributed by atoms with E-state index in [1.165, 1.54) is 11.1 Å². The van der Waals surface area contributed by atoms with Crippen molar-refractivity contribution in [2.45, 2.75) is 19.2 Å². The summed E-state index contributed by atoms with van der Waals surface area (Å²) in [5.74, 6) is 0. The summed E-state index contributed by atoms with van der Waals surface area (Å²) in [5.41, 5.74) is 2.43. The molecule has 0 aromatic carbocycles. The molecule has 14 heavy (non-hydrogen) atoms. The first-order valence-corrected chi connectivity index (χ1v) is 6.38. The van der Waals surface area contributed by atoms with Crippen molar-refractivity contribution >= 4 is 34.3 Å². The topological polar surface area (TPSA) is 25.8 Å². The van der Waals surface area contributed by atoms with Crippen molar-refractivity contribution in [2.24, 2.45) is 0 Å². The number of halogens is 1. The number of aryl methyl sites for hydroxylation is 1. The largest absolute Gasteiger partial charge is 0.151 e. The SMILES string of the molecule is Cc1cscc1-c1nnc(C(C)Cl)s1. The Kier molecular flexibility index (Phi) is 2.85. The van der Waals surface area contributed by atoms with Crippen LogP contribution < -0.4 is 0 Å². The summed E-state index contributed by atoms with van der Waals surface area (Å²) in [6.45, 7) is 3.99. The predicted molar refractivity (Wildman–Crippen MR) is 62.2 cm³/mol. The summed E-state index contributed by atoms with van der Waals surface area (Å²) in [6, 6.07) is 0. The van der Waals surface area contributed by atoms with Crippen molar-refractivity contribution in [1.82, 2.24) is 10.2 Å². The van der Waals surface area contributed by atoms with Gasteiger partial charge in [0.15, 0.2) is 0 Å². The maximum Gasteiger partial charge on any atom is 0.148 e. The van der Waals surface area contributed by atoms with E-state index < -0.39 is 0 Å². The molecule has 2 aromatic rings. The summed E-state index contributed by atoms with van der Waals surface area (Å²) in [4.78, 5) is 0. The molecule has 0 N–H and O–H groups in total. The van der Waals surface area contributed by atoms with E-state index in [9.17, 15) is 0 Å². The number of rotatable bonds is 2. The molecule has 0 bridgehead atoms. The fourth-order valence-corrected chi connectivity index (χ4v) is 3.02. The van der Waals surface area contributed by atoms with E-state index in [4.69, 9.17) is 11.6 Å². The molecular formula is C9H9ClN2S2. The molecule has 5 heteroatoms. The van der Waals surface area contributed by atoms with Crippen molar-refractivity contribution < 1.29 is 0 Å². The molecule has 0 radical (unpaired) electrons. The molecule has 1 atom stereocenters. The lowest BCUT2D eigenvalue weighted by atomic mass is 10.2. The number of nitrogens with zero attached hydrogens (tertiary/aromatic N) is 2. The van der Waals surface area contributed by atoms with Crippen molar-refractivity contribution in [3.63, 3.8) is 0 Å². The van der Waals surface area contributed by atoms with E-state index in [0.717, 1.165) is 10.0 Å². The lowest BCUT2D eigenvalue weighted by Crippen LogP contribution is -1.80. The lowest BCUT2D eigenvalue weighted by molar-refractivity contribution is 0.962. The smallest absolute Gasteiger partial charge is 0.148 e. The van der Waals surface area contributed by atoms with E-state index in [-0.39, 0.29) is 5.38 Å². The summed E-state index contributed by atoms with van der Waals surface area (Å²) in [5, 5.41) is 14.2. The first kappa shape index (κ1) is 10.1. The van der Waals surface area contributed by atoms with E-state index in [1.807, 2.05) is 6.92 Å². The molecule has 0 aliphatic rings. The standard InChI is InChI=1S/C9H9ClN2S2/c1-5-3-13-4-7(5)9-12-11-8(14-9)6(2)10/h3-4,6H,1-2H3. The Morgan fingerprint density at radius 3 is 2.64 bits per heavy atom. The molecular weight excluding hydrogens is 236 g/mol. The highest BCUT2D eigenvalue weighted by Crippen LogP contribution is 2.32. The number of thiophene rings is 1. The van der Waals surface area contributed by atoms with Gasteiger partial charge in [-0.15, -0.1) is 21.8 Å². The second kappa shape index (κ2) is 3.96. The van der Waals surface area contributed by atoms with Gasteiger partial charge in [-0.05, 0) is 24.8 Å². The van der Waals surface area contributed by atoms with Gasteiger partial charge >= 0.3 is 0 Å². The highest BCUT2D eigenvalue weighted by molar-refractivity contribution is 7.15. The second-order valence-electron chi connectivity index (χ2n) is 3.03. The Balaban J connectivity index is 2.39. The van der Waals surface area contributed by atoms with Crippen LogP contribution >= 0.6 is 34.3 Å². The van der Waals surface area contributed by atoms with Gasteiger partial charge < -0.3 is 0 Å². The second-order valence-corrected chi connectivity index (χ2v) is 5.44. The van der Waals surface area contributed by atoms with E-state index in [2.05, 4.69) is 27.9 Å². The quantitative estimate of drug-likeness (QED) is 0.750. The Labute approximate surface area is 95.6 Å². The molecule has 74 valence electrons. The zero-order valence-electron chi connectivity index (χ0n) is 7.82. The first-order valence-electron chi connectivity index (χ1n) is 4.19. The zero-order chi connectivity index (χ0) is 10.1. The van der Waals surface area contributed by atoms with Gasteiger partial charge in [-0.1, -0.05) is 11.3 Å². The van der Waals surface area contributed by atoms with Crippen molar-refractivity contribution in [1.29, 1.82) is 0 Å². The molecule has 0 aliphatic heterocycles. The third kappa shape index (κ3) is 1.82. The molecule has 0 amide bonds. The first-order chi connectivity index (χ1) is 6.68. The van der Waals surface area contributed by atoms with Gasteiger partial charge in [0.25, 0.3) is 0 Å². The van der Waals surface area contributed by atoms with Crippen LogP contribution in [-0.2, 0) is 0 Å². The highest BCUT2D eigenvalue weighted by atomic mass is 35.5. The van der Waals surface area contributed by atoms with Gasteiger partial charge in [0.2, 0.25) is 0 Å². The fraction of sp³-hybridized carbons (Fsp3) is 0.333. The van der Waals surface area contributed by atoms with Gasteiger partial charge in [-0.25, -0.2) is 0 Å². The van der Waals surface area contributed by atoms with E-state index >= 15 is 0 Å². The summed E-state index contributed by atoms with van der Waals surface area (Å²) in [6.07, 6.45) is 0. The van der Waals surface area contributed by atoms with Gasteiger partial charge in [0, 0.05) is 10.9 Å². The summed E-state index contributed by atoms with van der Waals surface area (Å²) < 4.78 is 0.